The second-order valence-corrected chi connectivity index (χ2v) is 9.45. The third-order valence-corrected chi connectivity index (χ3v) is 6.58. The Morgan fingerprint density at radius 1 is 0.600 bits per heavy atom. The number of aliphatic hydroxyl groups excluding tert-OH is 4. The lowest BCUT2D eigenvalue weighted by Gasteiger charge is -2.26. The minimum absolute atomic E-state index is 0.174. The van der Waals surface area contributed by atoms with Crippen molar-refractivity contribution in [2.45, 2.75) is 34.2 Å². The van der Waals surface area contributed by atoms with Crippen LogP contribution in [0.4, 0.5) is 0 Å². The predicted octanol–water partition coefficient (Wildman–Crippen LogP) is -0.759. The minimum Gasteiger partial charge on any atom is -0.388 e. The Balaban J connectivity index is 1.90. The van der Waals surface area contributed by atoms with E-state index in [-0.39, 0.29) is 9.79 Å². The van der Waals surface area contributed by atoms with E-state index in [1.807, 2.05) is 0 Å². The molecule has 0 aliphatic carbocycles. The Morgan fingerprint density at radius 2 is 0.900 bits per heavy atom. The fourth-order valence-corrected chi connectivity index (χ4v) is 4.17. The van der Waals surface area contributed by atoms with Gasteiger partial charge in [-0.15, -0.1) is 0 Å². The number of benzene rings is 2. The zero-order chi connectivity index (χ0) is 22.4. The van der Waals surface area contributed by atoms with Gasteiger partial charge >= 0.3 is 0 Å². The van der Waals surface area contributed by atoms with E-state index < -0.39 is 57.9 Å². The molecule has 0 saturated heterocycles. The smallest absolute Gasteiger partial charge is 0.297 e. The molecule has 0 aromatic heterocycles. The first kappa shape index (κ1) is 24.4. The molecule has 0 aliphatic heterocycles. The number of rotatable bonds is 11. The van der Waals surface area contributed by atoms with Crippen LogP contribution in [0.25, 0.3) is 0 Å². The Kier molecular flexibility index (Phi) is 8.46. The maximum absolute atomic E-state index is 12.0. The van der Waals surface area contributed by atoms with Crippen LogP contribution < -0.4 is 0 Å². The molecule has 12 heteroatoms. The van der Waals surface area contributed by atoms with E-state index in [2.05, 4.69) is 8.37 Å². The summed E-state index contributed by atoms with van der Waals surface area (Å²) in [5, 5.41) is 39.6. The Morgan fingerprint density at radius 3 is 1.20 bits per heavy atom. The van der Waals surface area contributed by atoms with Gasteiger partial charge < -0.3 is 20.4 Å². The lowest BCUT2D eigenvalue weighted by Crippen LogP contribution is -2.48. The molecular weight excluding hydrogens is 440 g/mol. The van der Waals surface area contributed by atoms with E-state index in [1.165, 1.54) is 48.5 Å². The second kappa shape index (κ2) is 10.4. The Labute approximate surface area is 174 Å². The molecule has 0 amide bonds. The van der Waals surface area contributed by atoms with Crippen LogP contribution in [-0.2, 0) is 28.6 Å². The number of hydrogen-bond acceptors (Lipinski definition) is 10. The van der Waals surface area contributed by atoms with Gasteiger partial charge in [-0.3, -0.25) is 8.37 Å². The van der Waals surface area contributed by atoms with Gasteiger partial charge in [0.05, 0.1) is 23.0 Å². The van der Waals surface area contributed by atoms with E-state index in [4.69, 9.17) is 0 Å². The van der Waals surface area contributed by atoms with Crippen molar-refractivity contribution in [3.05, 3.63) is 60.7 Å². The average molecular weight is 462 g/mol. The van der Waals surface area contributed by atoms with Crippen LogP contribution in [0.1, 0.15) is 0 Å². The van der Waals surface area contributed by atoms with Crippen LogP contribution >= 0.6 is 0 Å². The van der Waals surface area contributed by atoms with Crippen molar-refractivity contribution in [3.63, 3.8) is 0 Å². The van der Waals surface area contributed by atoms with Crippen molar-refractivity contribution >= 4 is 20.2 Å². The van der Waals surface area contributed by atoms with E-state index in [1.54, 1.807) is 12.1 Å². The van der Waals surface area contributed by atoms with Gasteiger partial charge in [-0.2, -0.15) is 16.8 Å². The highest BCUT2D eigenvalue weighted by Crippen LogP contribution is 2.15. The molecule has 0 heterocycles. The van der Waals surface area contributed by atoms with E-state index in [0.29, 0.717) is 0 Å². The fourth-order valence-electron chi connectivity index (χ4n) is 2.28. The van der Waals surface area contributed by atoms with Gasteiger partial charge in [0, 0.05) is 0 Å². The topological polar surface area (TPSA) is 168 Å². The lowest BCUT2D eigenvalue weighted by atomic mass is 10.0. The molecule has 0 radical (unpaired) electrons. The standard InChI is InChI=1S/C18H22O10S2/c19-15(11-27-29(23,24)13-7-3-1-4-8-13)17(21)18(22)16(20)12-28-30(25,26)14-9-5-2-6-10-14/h1-10,15-22H,11-12H2/t15-,16-,17-,18+/m0/s1. The van der Waals surface area contributed by atoms with Crippen LogP contribution in [0, 0.1) is 0 Å². The number of hydrogen-bond donors (Lipinski definition) is 4. The van der Waals surface area contributed by atoms with Crippen LogP contribution in [0.5, 0.6) is 0 Å². The van der Waals surface area contributed by atoms with E-state index in [9.17, 15) is 37.3 Å². The van der Waals surface area contributed by atoms with Crippen LogP contribution in [0.2, 0.25) is 0 Å². The SMILES string of the molecule is O=S(=O)(OC[C@H](O)[C@H](O)[C@H](O)[C@@H](O)COS(=O)(=O)c1ccccc1)c1ccccc1. The summed E-state index contributed by atoms with van der Waals surface area (Å²) in [5.74, 6) is 0. The highest BCUT2D eigenvalue weighted by Gasteiger charge is 2.33. The summed E-state index contributed by atoms with van der Waals surface area (Å²) >= 11 is 0. The molecule has 4 N–H and O–H groups in total. The molecule has 0 fully saturated rings. The first-order chi connectivity index (χ1) is 14.0. The molecule has 2 aromatic rings. The highest BCUT2D eigenvalue weighted by atomic mass is 32.2. The largest absolute Gasteiger partial charge is 0.388 e. The summed E-state index contributed by atoms with van der Waals surface area (Å²) in [6.45, 7) is -1.82. The first-order valence-corrected chi connectivity index (χ1v) is 11.5. The minimum atomic E-state index is -4.21. The third kappa shape index (κ3) is 6.55. The fraction of sp³-hybridized carbons (Fsp3) is 0.333. The summed E-state index contributed by atoms with van der Waals surface area (Å²) in [6, 6.07) is 14.1. The first-order valence-electron chi connectivity index (χ1n) is 8.66. The van der Waals surface area contributed by atoms with Crippen molar-refractivity contribution in [1.29, 1.82) is 0 Å². The van der Waals surface area contributed by atoms with Gasteiger partial charge in [-0.25, -0.2) is 0 Å². The summed E-state index contributed by atoms with van der Waals surface area (Å²) in [4.78, 5) is -0.349. The molecule has 10 nitrogen and oxygen atoms in total. The molecule has 0 unspecified atom stereocenters. The number of aliphatic hydroxyl groups is 4. The normalized spacial score (nSPS) is 16.5. The summed E-state index contributed by atoms with van der Waals surface area (Å²) in [5.41, 5.74) is 0. The van der Waals surface area contributed by atoms with Crippen LogP contribution in [0.3, 0.4) is 0 Å². The maximum atomic E-state index is 12.0. The molecule has 2 rings (SSSR count). The molecule has 0 spiro atoms. The van der Waals surface area contributed by atoms with Gasteiger partial charge in [0.25, 0.3) is 20.2 Å². The molecule has 0 aliphatic rings. The van der Waals surface area contributed by atoms with Gasteiger partial charge in [0.2, 0.25) is 0 Å². The van der Waals surface area contributed by atoms with Crippen LogP contribution in [-0.4, -0.2) is 74.9 Å². The zero-order valence-electron chi connectivity index (χ0n) is 15.6. The van der Waals surface area contributed by atoms with E-state index in [0.717, 1.165) is 0 Å². The molecule has 166 valence electrons. The quantitative estimate of drug-likeness (QED) is 0.312. The van der Waals surface area contributed by atoms with Crippen molar-refractivity contribution in [2.24, 2.45) is 0 Å². The van der Waals surface area contributed by atoms with Gasteiger partial charge in [-0.05, 0) is 24.3 Å². The molecule has 2 aromatic carbocycles. The predicted molar refractivity (Wildman–Crippen MR) is 103 cm³/mol. The van der Waals surface area contributed by atoms with Crippen LogP contribution in [0.15, 0.2) is 70.5 Å². The molecule has 4 atom stereocenters. The van der Waals surface area contributed by atoms with Crippen molar-refractivity contribution in [3.8, 4) is 0 Å². The average Bonchev–Trinajstić information content (AvgIpc) is 2.76. The summed E-state index contributed by atoms with van der Waals surface area (Å²) in [6.07, 6.45) is -7.90. The van der Waals surface area contributed by atoms with Crippen molar-refractivity contribution in [2.75, 3.05) is 13.2 Å². The third-order valence-electron chi connectivity index (χ3n) is 3.99. The maximum Gasteiger partial charge on any atom is 0.297 e. The van der Waals surface area contributed by atoms with Crippen molar-refractivity contribution < 1.29 is 45.6 Å². The highest BCUT2D eigenvalue weighted by molar-refractivity contribution is 7.87. The monoisotopic (exact) mass is 462 g/mol. The summed E-state index contributed by atoms with van der Waals surface area (Å²) in [7, 11) is -8.43. The summed E-state index contributed by atoms with van der Waals surface area (Å²) < 4.78 is 57.3. The van der Waals surface area contributed by atoms with Crippen molar-refractivity contribution in [1.82, 2.24) is 0 Å². The Hall–Kier alpha value is -1.90. The van der Waals surface area contributed by atoms with Gasteiger partial charge in [-0.1, -0.05) is 36.4 Å². The second-order valence-electron chi connectivity index (χ2n) is 6.22. The van der Waals surface area contributed by atoms with Gasteiger partial charge in [0.1, 0.15) is 24.4 Å². The lowest BCUT2D eigenvalue weighted by molar-refractivity contribution is -0.118. The molecule has 0 saturated carbocycles. The zero-order valence-corrected chi connectivity index (χ0v) is 17.2. The molecule has 30 heavy (non-hydrogen) atoms. The van der Waals surface area contributed by atoms with E-state index >= 15 is 0 Å². The van der Waals surface area contributed by atoms with Gasteiger partial charge in [0.15, 0.2) is 0 Å². The molecular formula is C18H22O10S2. The Bertz CT molecular complexity index is 910. The molecule has 0 bridgehead atoms.